The summed E-state index contributed by atoms with van der Waals surface area (Å²) in [7, 11) is 0. The third-order valence-corrected chi connectivity index (χ3v) is 7.79. The topological polar surface area (TPSA) is 87.2 Å². The third-order valence-electron chi connectivity index (χ3n) is 7.79. The van der Waals surface area contributed by atoms with E-state index in [2.05, 4.69) is 0 Å². The first-order valence-electron chi connectivity index (χ1n) is 14.2. The number of aliphatic hydroxyl groups excluding tert-OH is 1. The lowest BCUT2D eigenvalue weighted by Crippen LogP contribution is -2.44. The van der Waals surface area contributed by atoms with E-state index >= 15 is 0 Å². The Morgan fingerprint density at radius 3 is 2.52 bits per heavy atom. The quantitative estimate of drug-likeness (QED) is 0.392. The highest BCUT2D eigenvalue weighted by Gasteiger charge is 2.35. The molecule has 2 amide bonds. The fourth-order valence-corrected chi connectivity index (χ4v) is 5.54. The molecule has 2 aliphatic rings. The number of benzene rings is 2. The Balaban J connectivity index is 1.47. The first-order chi connectivity index (χ1) is 19.4. The van der Waals surface area contributed by atoms with E-state index < -0.39 is 5.92 Å². The maximum atomic E-state index is 13.7. The van der Waals surface area contributed by atoms with Gasteiger partial charge >= 0.3 is 5.97 Å². The van der Waals surface area contributed by atoms with Crippen LogP contribution in [-0.2, 0) is 32.1 Å². The maximum absolute atomic E-state index is 13.7. The molecule has 4 rings (SSSR count). The zero-order chi connectivity index (χ0) is 28.3. The minimum absolute atomic E-state index is 0.0478. The van der Waals surface area contributed by atoms with E-state index in [-0.39, 0.29) is 61.7 Å². The molecule has 0 aliphatic carbocycles. The highest BCUT2D eigenvalue weighted by Crippen LogP contribution is 2.26. The monoisotopic (exact) mass is 550 g/mol. The number of carbonyl (C=O) groups is 3. The van der Waals surface area contributed by atoms with Crippen LogP contribution >= 0.6 is 0 Å². The molecule has 0 saturated carbocycles. The highest BCUT2D eigenvalue weighted by atomic mass is 19.1. The molecular weight excluding hydrogens is 511 g/mol. The van der Waals surface area contributed by atoms with Gasteiger partial charge in [-0.1, -0.05) is 54.6 Å². The lowest BCUT2D eigenvalue weighted by atomic mass is 9.94. The van der Waals surface area contributed by atoms with Crippen LogP contribution in [0.25, 0.3) is 0 Å². The highest BCUT2D eigenvalue weighted by molar-refractivity contribution is 5.86. The van der Waals surface area contributed by atoms with Gasteiger partial charge in [-0.3, -0.25) is 14.4 Å². The average Bonchev–Trinajstić information content (AvgIpc) is 3.43. The van der Waals surface area contributed by atoms with Gasteiger partial charge in [-0.2, -0.15) is 0 Å². The maximum Gasteiger partial charge on any atom is 0.309 e. The molecule has 0 spiro atoms. The van der Waals surface area contributed by atoms with Crippen molar-refractivity contribution in [3.05, 3.63) is 83.7 Å². The molecule has 40 heavy (non-hydrogen) atoms. The van der Waals surface area contributed by atoms with Gasteiger partial charge in [-0.25, -0.2) is 4.39 Å². The summed E-state index contributed by atoms with van der Waals surface area (Å²) in [5.41, 5.74) is 1.83. The Hall–Kier alpha value is -3.52. The van der Waals surface area contributed by atoms with Crippen LogP contribution in [0.4, 0.5) is 4.39 Å². The van der Waals surface area contributed by atoms with Crippen molar-refractivity contribution in [3.63, 3.8) is 0 Å². The molecular formula is C32H39FN2O5. The predicted molar refractivity (Wildman–Crippen MR) is 149 cm³/mol. The molecule has 1 fully saturated rings. The molecule has 1 N–H and O–H groups in total. The number of cyclic esters (lactones) is 1. The van der Waals surface area contributed by atoms with Crippen LogP contribution in [0.2, 0.25) is 0 Å². The molecule has 0 radical (unpaired) electrons. The van der Waals surface area contributed by atoms with Crippen molar-refractivity contribution < 1.29 is 28.6 Å². The van der Waals surface area contributed by atoms with Crippen molar-refractivity contribution in [2.75, 3.05) is 26.3 Å². The van der Waals surface area contributed by atoms with Gasteiger partial charge in [-0.15, -0.1) is 0 Å². The number of esters is 1. The number of ether oxygens (including phenoxy) is 1. The normalized spacial score (nSPS) is 22.9. The summed E-state index contributed by atoms with van der Waals surface area (Å²) < 4.78 is 19.1. The molecule has 1 saturated heterocycles. The molecule has 7 nitrogen and oxygen atoms in total. The Bertz CT molecular complexity index is 1150. The van der Waals surface area contributed by atoms with Crippen LogP contribution in [0.5, 0.6) is 0 Å². The standard InChI is InChI=1S/C32H39FN2O5/c33-28-15-13-24(14-16-28)20-27-11-6-2-5-10-26(31(38)35-17-7-12-29(35)23-40-32(27)39)21-30(37)34(18-19-36)22-25-8-3-1-4-9-25/h1-5,8-9,13-16,26-27,29,36H,6-7,10-12,17-23H2/b5-2-/t26-,27+,29+/m1/s1. The summed E-state index contributed by atoms with van der Waals surface area (Å²) in [5, 5.41) is 9.59. The van der Waals surface area contributed by atoms with Gasteiger partial charge in [0.25, 0.3) is 0 Å². The van der Waals surface area contributed by atoms with Crippen molar-refractivity contribution in [1.82, 2.24) is 9.80 Å². The van der Waals surface area contributed by atoms with Crippen LogP contribution in [0.1, 0.15) is 49.7 Å². The second kappa shape index (κ2) is 14.7. The lowest BCUT2D eigenvalue weighted by Gasteiger charge is -2.30. The van der Waals surface area contributed by atoms with E-state index in [0.29, 0.717) is 38.8 Å². The summed E-state index contributed by atoms with van der Waals surface area (Å²) in [6.45, 7) is 1.11. The van der Waals surface area contributed by atoms with Crippen LogP contribution in [0, 0.1) is 17.7 Å². The van der Waals surface area contributed by atoms with Gasteiger partial charge in [-0.05, 0) is 61.8 Å². The number of hydrogen-bond acceptors (Lipinski definition) is 5. The molecule has 2 aromatic carbocycles. The first-order valence-corrected chi connectivity index (χ1v) is 14.2. The zero-order valence-corrected chi connectivity index (χ0v) is 22.9. The van der Waals surface area contributed by atoms with Crippen molar-refractivity contribution in [3.8, 4) is 0 Å². The lowest BCUT2D eigenvalue weighted by molar-refractivity contribution is -0.152. The van der Waals surface area contributed by atoms with Crippen molar-refractivity contribution >= 4 is 17.8 Å². The largest absolute Gasteiger partial charge is 0.463 e. The number of carbonyl (C=O) groups excluding carboxylic acids is 3. The van der Waals surface area contributed by atoms with E-state index in [1.807, 2.05) is 42.5 Å². The number of fused-ring (bicyclic) bond motifs is 1. The van der Waals surface area contributed by atoms with E-state index in [1.54, 1.807) is 21.9 Å². The van der Waals surface area contributed by atoms with Gasteiger partial charge in [0.15, 0.2) is 0 Å². The first kappa shape index (κ1) is 29.5. The molecule has 214 valence electrons. The summed E-state index contributed by atoms with van der Waals surface area (Å²) in [6, 6.07) is 15.5. The summed E-state index contributed by atoms with van der Waals surface area (Å²) in [6.07, 6.45) is 7.57. The zero-order valence-electron chi connectivity index (χ0n) is 22.9. The fraction of sp³-hybridized carbons (Fsp3) is 0.469. The molecule has 0 bridgehead atoms. The molecule has 8 heteroatoms. The molecule has 2 heterocycles. The SMILES string of the molecule is O=C1OC[C@@H]2CCCN2C(=O)[C@@H](CC(=O)N(CCO)Cc2ccccc2)C/C=C\CC[C@H]1Cc1ccc(F)cc1. The second-order valence-electron chi connectivity index (χ2n) is 10.7. The van der Waals surface area contributed by atoms with Gasteiger partial charge in [0.05, 0.1) is 24.5 Å². The molecule has 2 aliphatic heterocycles. The molecule has 0 unspecified atom stereocenters. The minimum atomic E-state index is -0.534. The summed E-state index contributed by atoms with van der Waals surface area (Å²) in [5.74, 6) is -1.79. The molecule has 2 aromatic rings. The fourth-order valence-electron chi connectivity index (χ4n) is 5.54. The molecule has 0 aromatic heterocycles. The Morgan fingerprint density at radius 1 is 1.00 bits per heavy atom. The predicted octanol–water partition coefficient (Wildman–Crippen LogP) is 4.29. The van der Waals surface area contributed by atoms with E-state index in [1.165, 1.54) is 12.1 Å². The number of hydrogen-bond donors (Lipinski definition) is 1. The number of allylic oxidation sites excluding steroid dienone is 2. The van der Waals surface area contributed by atoms with Crippen LogP contribution < -0.4 is 0 Å². The van der Waals surface area contributed by atoms with Crippen molar-refractivity contribution in [2.45, 2.75) is 57.5 Å². The minimum Gasteiger partial charge on any atom is -0.463 e. The van der Waals surface area contributed by atoms with E-state index in [9.17, 15) is 23.9 Å². The van der Waals surface area contributed by atoms with E-state index in [4.69, 9.17) is 4.74 Å². The van der Waals surface area contributed by atoms with Gasteiger partial charge in [0.1, 0.15) is 12.4 Å². The molecule has 3 atom stereocenters. The number of aliphatic hydroxyl groups is 1. The van der Waals surface area contributed by atoms with Crippen LogP contribution in [0.15, 0.2) is 66.7 Å². The Morgan fingerprint density at radius 2 is 1.77 bits per heavy atom. The van der Waals surface area contributed by atoms with Crippen molar-refractivity contribution in [2.24, 2.45) is 11.8 Å². The van der Waals surface area contributed by atoms with Crippen LogP contribution in [-0.4, -0.2) is 65.0 Å². The number of halogens is 1. The summed E-state index contributed by atoms with van der Waals surface area (Å²) >= 11 is 0. The smallest absolute Gasteiger partial charge is 0.309 e. The Labute approximate surface area is 235 Å². The number of rotatable bonds is 8. The van der Waals surface area contributed by atoms with Gasteiger partial charge < -0.3 is 19.6 Å². The average molecular weight is 551 g/mol. The summed E-state index contributed by atoms with van der Waals surface area (Å²) in [4.78, 5) is 43.5. The number of nitrogens with zero attached hydrogens (tertiary/aromatic N) is 2. The number of amides is 2. The van der Waals surface area contributed by atoms with Crippen molar-refractivity contribution in [1.29, 1.82) is 0 Å². The second-order valence-corrected chi connectivity index (χ2v) is 10.7. The van der Waals surface area contributed by atoms with Gasteiger partial charge in [0.2, 0.25) is 11.8 Å². The van der Waals surface area contributed by atoms with Crippen LogP contribution in [0.3, 0.4) is 0 Å². The third kappa shape index (κ3) is 8.24. The van der Waals surface area contributed by atoms with E-state index in [0.717, 1.165) is 24.0 Å². The van der Waals surface area contributed by atoms with Gasteiger partial charge in [0, 0.05) is 26.1 Å². The Kier molecular flexibility index (Phi) is 10.9.